The van der Waals surface area contributed by atoms with Crippen LogP contribution in [0.1, 0.15) is 48.6 Å². The molecular formula is C25H27N5O2. The van der Waals surface area contributed by atoms with Crippen molar-refractivity contribution in [3.63, 3.8) is 0 Å². The zero-order valence-electron chi connectivity index (χ0n) is 18.1. The van der Waals surface area contributed by atoms with Crippen molar-refractivity contribution >= 4 is 23.1 Å². The van der Waals surface area contributed by atoms with Crippen molar-refractivity contribution in [2.45, 2.75) is 44.4 Å². The molecule has 32 heavy (non-hydrogen) atoms. The fourth-order valence-electron chi connectivity index (χ4n) is 5.60. The number of fused-ring (bicyclic) bond motifs is 2. The summed E-state index contributed by atoms with van der Waals surface area (Å²) in [4.78, 5) is 29.7. The lowest BCUT2D eigenvalue weighted by Gasteiger charge is -2.32. The molecule has 1 unspecified atom stereocenters. The minimum atomic E-state index is -0.249. The zero-order chi connectivity index (χ0) is 21.7. The Morgan fingerprint density at radius 1 is 1.00 bits per heavy atom. The van der Waals surface area contributed by atoms with Crippen LogP contribution in [0, 0.1) is 5.92 Å². The monoisotopic (exact) mass is 429 g/mol. The maximum atomic E-state index is 13.2. The lowest BCUT2D eigenvalue weighted by molar-refractivity contribution is -0.136. The van der Waals surface area contributed by atoms with Crippen molar-refractivity contribution in [1.82, 2.24) is 19.5 Å². The molecule has 0 N–H and O–H groups in total. The SMILES string of the molecule is O=C(C1CC(=O)N(c2ccc3c(c2)CCC3)C1)N1CCC(c2nnc3ccccn23)CC1. The Morgan fingerprint density at radius 3 is 2.72 bits per heavy atom. The van der Waals surface area contributed by atoms with Crippen molar-refractivity contribution in [1.29, 1.82) is 0 Å². The number of anilines is 1. The van der Waals surface area contributed by atoms with Crippen LogP contribution in [-0.2, 0) is 22.4 Å². The van der Waals surface area contributed by atoms with Gasteiger partial charge in [0.25, 0.3) is 0 Å². The zero-order valence-corrected chi connectivity index (χ0v) is 18.1. The second-order valence-corrected chi connectivity index (χ2v) is 9.30. The number of hydrogen-bond donors (Lipinski definition) is 0. The van der Waals surface area contributed by atoms with E-state index in [4.69, 9.17) is 0 Å². The van der Waals surface area contributed by atoms with Crippen LogP contribution in [0.2, 0.25) is 0 Å². The Balaban J connectivity index is 1.11. The minimum Gasteiger partial charge on any atom is -0.342 e. The predicted molar refractivity (Wildman–Crippen MR) is 120 cm³/mol. The van der Waals surface area contributed by atoms with E-state index >= 15 is 0 Å². The maximum absolute atomic E-state index is 13.2. The molecule has 7 heteroatoms. The van der Waals surface area contributed by atoms with E-state index in [0.717, 1.165) is 42.8 Å². The molecule has 1 aromatic carbocycles. The third kappa shape index (κ3) is 3.27. The number of likely N-dealkylation sites (tertiary alicyclic amines) is 1. The van der Waals surface area contributed by atoms with Gasteiger partial charge >= 0.3 is 0 Å². The summed E-state index contributed by atoms with van der Waals surface area (Å²) < 4.78 is 2.05. The van der Waals surface area contributed by atoms with Gasteiger partial charge in [0, 0.05) is 43.9 Å². The number of hydrogen-bond acceptors (Lipinski definition) is 4. The Labute approximate surface area is 187 Å². The normalized spacial score (nSPS) is 21.5. The van der Waals surface area contributed by atoms with Gasteiger partial charge in [0.15, 0.2) is 5.65 Å². The Kier molecular flexibility index (Phi) is 4.70. The van der Waals surface area contributed by atoms with Crippen LogP contribution >= 0.6 is 0 Å². The van der Waals surface area contributed by atoms with Crippen LogP contribution in [0.3, 0.4) is 0 Å². The van der Waals surface area contributed by atoms with Crippen LogP contribution in [0.5, 0.6) is 0 Å². The average molecular weight is 430 g/mol. The second-order valence-electron chi connectivity index (χ2n) is 9.30. The predicted octanol–water partition coefficient (Wildman–Crippen LogP) is 2.98. The van der Waals surface area contributed by atoms with Gasteiger partial charge in [-0.1, -0.05) is 12.1 Å². The number of piperidine rings is 1. The Morgan fingerprint density at radius 2 is 1.84 bits per heavy atom. The third-order valence-electron chi connectivity index (χ3n) is 7.38. The molecule has 1 aliphatic carbocycles. The average Bonchev–Trinajstić information content (AvgIpc) is 3.56. The van der Waals surface area contributed by atoms with Crippen molar-refractivity contribution in [3.8, 4) is 0 Å². The number of aryl methyl sites for hydroxylation is 2. The Hall–Kier alpha value is -3.22. The van der Waals surface area contributed by atoms with E-state index in [2.05, 4.69) is 22.3 Å². The molecule has 164 valence electrons. The summed E-state index contributed by atoms with van der Waals surface area (Å²) in [5.74, 6) is 1.20. The lowest BCUT2D eigenvalue weighted by Crippen LogP contribution is -2.42. The summed E-state index contributed by atoms with van der Waals surface area (Å²) in [6, 6.07) is 12.3. The first kappa shape index (κ1) is 19.5. The van der Waals surface area contributed by atoms with Crippen molar-refractivity contribution in [2.75, 3.05) is 24.5 Å². The first-order chi connectivity index (χ1) is 15.7. The molecule has 7 nitrogen and oxygen atoms in total. The number of benzene rings is 1. The van der Waals surface area contributed by atoms with E-state index in [0.29, 0.717) is 32.0 Å². The van der Waals surface area contributed by atoms with Gasteiger partial charge in [-0.3, -0.25) is 14.0 Å². The first-order valence-electron chi connectivity index (χ1n) is 11.7. The topological polar surface area (TPSA) is 70.8 Å². The minimum absolute atomic E-state index is 0.0612. The molecule has 2 amide bonds. The summed E-state index contributed by atoms with van der Waals surface area (Å²) in [7, 11) is 0. The largest absolute Gasteiger partial charge is 0.342 e. The van der Waals surface area contributed by atoms with E-state index in [1.165, 1.54) is 17.5 Å². The molecule has 3 aliphatic rings. The van der Waals surface area contributed by atoms with Gasteiger partial charge in [0.2, 0.25) is 11.8 Å². The van der Waals surface area contributed by atoms with Gasteiger partial charge in [-0.05, 0) is 67.5 Å². The lowest BCUT2D eigenvalue weighted by atomic mass is 9.94. The van der Waals surface area contributed by atoms with E-state index in [9.17, 15) is 9.59 Å². The van der Waals surface area contributed by atoms with E-state index in [-0.39, 0.29) is 17.7 Å². The van der Waals surface area contributed by atoms with Crippen molar-refractivity contribution in [2.24, 2.45) is 5.92 Å². The molecular weight excluding hydrogens is 402 g/mol. The number of amides is 2. The highest BCUT2D eigenvalue weighted by atomic mass is 16.2. The Bertz CT molecular complexity index is 1190. The van der Waals surface area contributed by atoms with Gasteiger partial charge in [-0.25, -0.2) is 0 Å². The van der Waals surface area contributed by atoms with Gasteiger partial charge < -0.3 is 9.80 Å². The van der Waals surface area contributed by atoms with Gasteiger partial charge in [0.05, 0.1) is 5.92 Å². The number of pyridine rings is 1. The van der Waals surface area contributed by atoms with Crippen molar-refractivity contribution < 1.29 is 9.59 Å². The van der Waals surface area contributed by atoms with Gasteiger partial charge in [-0.15, -0.1) is 10.2 Å². The van der Waals surface area contributed by atoms with E-state index in [1.807, 2.05) is 44.7 Å². The van der Waals surface area contributed by atoms with Gasteiger partial charge in [0.1, 0.15) is 5.82 Å². The van der Waals surface area contributed by atoms with Crippen LogP contribution in [-0.4, -0.2) is 50.9 Å². The third-order valence-corrected chi connectivity index (χ3v) is 7.38. The molecule has 0 spiro atoms. The smallest absolute Gasteiger partial charge is 0.228 e. The van der Waals surface area contributed by atoms with Crippen LogP contribution in [0.25, 0.3) is 5.65 Å². The number of nitrogens with zero attached hydrogens (tertiary/aromatic N) is 5. The fourth-order valence-corrected chi connectivity index (χ4v) is 5.60. The molecule has 3 aromatic rings. The quantitative estimate of drug-likeness (QED) is 0.642. The first-order valence-corrected chi connectivity index (χ1v) is 11.7. The highest BCUT2D eigenvalue weighted by Crippen LogP contribution is 2.33. The van der Waals surface area contributed by atoms with Crippen LogP contribution in [0.4, 0.5) is 5.69 Å². The van der Waals surface area contributed by atoms with Crippen LogP contribution < -0.4 is 4.90 Å². The number of rotatable bonds is 3. The highest BCUT2D eigenvalue weighted by molar-refractivity contribution is 6.00. The van der Waals surface area contributed by atoms with Crippen molar-refractivity contribution in [3.05, 3.63) is 59.5 Å². The summed E-state index contributed by atoms with van der Waals surface area (Å²) in [5, 5.41) is 8.67. The summed E-state index contributed by atoms with van der Waals surface area (Å²) in [5.41, 5.74) is 4.56. The molecule has 6 rings (SSSR count). The number of carbonyl (C=O) groups is 2. The van der Waals surface area contributed by atoms with Crippen LogP contribution in [0.15, 0.2) is 42.6 Å². The maximum Gasteiger partial charge on any atom is 0.228 e. The molecule has 1 atom stereocenters. The summed E-state index contributed by atoms with van der Waals surface area (Å²) >= 11 is 0. The number of carbonyl (C=O) groups excluding carboxylic acids is 2. The van der Waals surface area contributed by atoms with E-state index < -0.39 is 0 Å². The molecule has 2 saturated heterocycles. The van der Waals surface area contributed by atoms with Gasteiger partial charge in [-0.2, -0.15) is 0 Å². The number of aromatic nitrogens is 3. The van der Waals surface area contributed by atoms with E-state index in [1.54, 1.807) is 0 Å². The fraction of sp³-hybridized carbons (Fsp3) is 0.440. The highest BCUT2D eigenvalue weighted by Gasteiger charge is 2.38. The standard InChI is InChI=1S/C25H27N5O2/c31-23-15-20(16-30(23)21-8-7-17-4-3-5-19(17)14-21)25(32)28-12-9-18(10-13-28)24-27-26-22-6-1-2-11-29(22)24/h1-2,6-8,11,14,18,20H,3-5,9-10,12-13,15-16H2. The molecule has 2 aliphatic heterocycles. The second kappa shape index (κ2) is 7.73. The summed E-state index contributed by atoms with van der Waals surface area (Å²) in [6.07, 6.45) is 7.46. The summed E-state index contributed by atoms with van der Waals surface area (Å²) in [6.45, 7) is 1.90. The molecule has 2 aromatic heterocycles. The molecule has 0 saturated carbocycles. The molecule has 0 bridgehead atoms. The molecule has 0 radical (unpaired) electrons. The molecule has 2 fully saturated rings. The molecule has 4 heterocycles.